The molecule has 0 saturated carbocycles. The smallest absolute Gasteiger partial charge is 0.416 e. The predicted octanol–water partition coefficient (Wildman–Crippen LogP) is 3.40. The van der Waals surface area contributed by atoms with Crippen LogP contribution < -0.4 is 4.90 Å². The van der Waals surface area contributed by atoms with Gasteiger partial charge in [-0.15, -0.1) is 0 Å². The van der Waals surface area contributed by atoms with E-state index in [1.165, 1.54) is 12.1 Å². The average molecular weight is 287 g/mol. The number of rotatable bonds is 4. The van der Waals surface area contributed by atoms with Crippen LogP contribution in [0.25, 0.3) is 0 Å². The van der Waals surface area contributed by atoms with Gasteiger partial charge in [0.25, 0.3) is 0 Å². The van der Waals surface area contributed by atoms with E-state index in [0.29, 0.717) is 18.9 Å². The highest BCUT2D eigenvalue weighted by atomic mass is 19.4. The maximum atomic E-state index is 12.5. The minimum absolute atomic E-state index is 0.144. The van der Waals surface area contributed by atoms with Gasteiger partial charge in [0.15, 0.2) is 0 Å². The average Bonchev–Trinajstić information content (AvgIpc) is 2.84. The SMILES string of the molecule is O=C(O)CCC1CCN(c2ccc(C(F)(F)F)cc2)C1. The summed E-state index contributed by atoms with van der Waals surface area (Å²) in [6.45, 7) is 1.47. The molecule has 0 bridgehead atoms. The molecule has 6 heteroatoms. The molecule has 1 atom stereocenters. The Morgan fingerprint density at radius 2 is 1.95 bits per heavy atom. The Kier molecular flexibility index (Phi) is 4.20. The van der Waals surface area contributed by atoms with Gasteiger partial charge >= 0.3 is 12.1 Å². The Hall–Kier alpha value is -1.72. The molecule has 2 rings (SSSR count). The molecule has 1 aliphatic rings. The van der Waals surface area contributed by atoms with Gasteiger partial charge in [0.2, 0.25) is 0 Å². The lowest BCUT2D eigenvalue weighted by Gasteiger charge is -2.19. The van der Waals surface area contributed by atoms with Crippen LogP contribution in [-0.2, 0) is 11.0 Å². The molecule has 1 fully saturated rings. The zero-order chi connectivity index (χ0) is 14.8. The maximum absolute atomic E-state index is 12.5. The van der Waals surface area contributed by atoms with Crippen molar-refractivity contribution >= 4 is 11.7 Å². The van der Waals surface area contributed by atoms with Gasteiger partial charge in [0.1, 0.15) is 0 Å². The number of aliphatic carboxylic acids is 1. The molecule has 0 amide bonds. The van der Waals surface area contributed by atoms with Gasteiger partial charge in [-0.1, -0.05) is 0 Å². The van der Waals surface area contributed by atoms with Crippen molar-refractivity contribution in [2.24, 2.45) is 5.92 Å². The van der Waals surface area contributed by atoms with E-state index in [1.54, 1.807) is 0 Å². The van der Waals surface area contributed by atoms with Crippen LogP contribution in [0.15, 0.2) is 24.3 Å². The summed E-state index contributed by atoms with van der Waals surface area (Å²) in [5, 5.41) is 8.64. The topological polar surface area (TPSA) is 40.5 Å². The summed E-state index contributed by atoms with van der Waals surface area (Å²) in [6.07, 6.45) is -2.67. The van der Waals surface area contributed by atoms with Gasteiger partial charge in [0.05, 0.1) is 5.56 Å². The van der Waals surface area contributed by atoms with E-state index in [9.17, 15) is 18.0 Å². The number of carbonyl (C=O) groups is 1. The first-order valence-electron chi connectivity index (χ1n) is 6.50. The zero-order valence-electron chi connectivity index (χ0n) is 10.9. The van der Waals surface area contributed by atoms with Crippen molar-refractivity contribution in [1.82, 2.24) is 0 Å². The van der Waals surface area contributed by atoms with E-state index in [2.05, 4.69) is 0 Å². The monoisotopic (exact) mass is 287 g/mol. The number of hydrogen-bond acceptors (Lipinski definition) is 2. The number of benzene rings is 1. The van der Waals surface area contributed by atoms with Crippen LogP contribution in [-0.4, -0.2) is 24.2 Å². The van der Waals surface area contributed by atoms with Crippen LogP contribution in [0.4, 0.5) is 18.9 Å². The lowest BCUT2D eigenvalue weighted by atomic mass is 10.0. The third-order valence-electron chi connectivity index (χ3n) is 3.61. The first-order chi connectivity index (χ1) is 9.36. The van der Waals surface area contributed by atoms with Crippen LogP contribution >= 0.6 is 0 Å². The summed E-state index contributed by atoms with van der Waals surface area (Å²) in [6, 6.07) is 5.12. The number of alkyl halides is 3. The van der Waals surface area contributed by atoms with Gasteiger partial charge in [-0.25, -0.2) is 0 Å². The lowest BCUT2D eigenvalue weighted by molar-refractivity contribution is -0.138. The Morgan fingerprint density at radius 3 is 2.50 bits per heavy atom. The Labute approximate surface area is 115 Å². The van der Waals surface area contributed by atoms with E-state index in [4.69, 9.17) is 5.11 Å². The third-order valence-corrected chi connectivity index (χ3v) is 3.61. The van der Waals surface area contributed by atoms with E-state index >= 15 is 0 Å². The third kappa shape index (κ3) is 3.65. The van der Waals surface area contributed by atoms with Crippen molar-refractivity contribution in [1.29, 1.82) is 0 Å². The fraction of sp³-hybridized carbons (Fsp3) is 0.500. The molecule has 0 spiro atoms. The van der Waals surface area contributed by atoms with Crippen LogP contribution in [0.1, 0.15) is 24.8 Å². The second-order valence-corrected chi connectivity index (χ2v) is 5.08. The van der Waals surface area contributed by atoms with Gasteiger partial charge < -0.3 is 10.0 Å². The van der Waals surface area contributed by atoms with Gasteiger partial charge in [0, 0.05) is 25.2 Å². The molecule has 110 valence electrons. The van der Waals surface area contributed by atoms with Gasteiger partial charge in [-0.2, -0.15) is 13.2 Å². The molecule has 1 aliphatic heterocycles. The summed E-state index contributed by atoms with van der Waals surface area (Å²) in [4.78, 5) is 12.5. The maximum Gasteiger partial charge on any atom is 0.416 e. The van der Waals surface area contributed by atoms with Crippen molar-refractivity contribution in [3.63, 3.8) is 0 Å². The van der Waals surface area contributed by atoms with Crippen molar-refractivity contribution in [3.8, 4) is 0 Å². The summed E-state index contributed by atoms with van der Waals surface area (Å²) < 4.78 is 37.4. The molecule has 1 aromatic rings. The minimum atomic E-state index is -4.31. The fourth-order valence-electron chi connectivity index (χ4n) is 2.49. The van der Waals surface area contributed by atoms with Crippen molar-refractivity contribution in [2.45, 2.75) is 25.4 Å². The lowest BCUT2D eigenvalue weighted by Crippen LogP contribution is -2.20. The Balaban J connectivity index is 1.95. The fourth-order valence-corrected chi connectivity index (χ4v) is 2.49. The van der Waals surface area contributed by atoms with Gasteiger partial charge in [-0.3, -0.25) is 4.79 Å². The largest absolute Gasteiger partial charge is 0.481 e. The van der Waals surface area contributed by atoms with E-state index in [1.807, 2.05) is 4.90 Å². The number of hydrogen-bond donors (Lipinski definition) is 1. The Bertz CT molecular complexity index is 470. The van der Waals surface area contributed by atoms with Crippen LogP contribution in [0.3, 0.4) is 0 Å². The van der Waals surface area contributed by atoms with Crippen LogP contribution in [0.2, 0.25) is 0 Å². The molecule has 1 unspecified atom stereocenters. The summed E-state index contributed by atoms with van der Waals surface area (Å²) in [5.41, 5.74) is 0.110. The van der Waals surface area contributed by atoms with Crippen LogP contribution in [0.5, 0.6) is 0 Å². The number of anilines is 1. The van der Waals surface area contributed by atoms with Crippen molar-refractivity contribution in [2.75, 3.05) is 18.0 Å². The minimum Gasteiger partial charge on any atom is -0.481 e. The molecule has 1 aromatic carbocycles. The number of nitrogens with zero attached hydrogens (tertiary/aromatic N) is 1. The molecule has 1 N–H and O–H groups in total. The highest BCUT2D eigenvalue weighted by Gasteiger charge is 2.30. The highest BCUT2D eigenvalue weighted by Crippen LogP contribution is 2.32. The van der Waals surface area contributed by atoms with E-state index < -0.39 is 17.7 Å². The molecule has 3 nitrogen and oxygen atoms in total. The Morgan fingerprint density at radius 1 is 1.30 bits per heavy atom. The standard InChI is InChI=1S/C14H16F3NO2/c15-14(16,17)11-2-4-12(5-3-11)18-8-7-10(9-18)1-6-13(19)20/h2-5,10H,1,6-9H2,(H,19,20). The number of carboxylic acid groups (broad SMARTS) is 1. The summed E-state index contributed by atoms with van der Waals surface area (Å²) >= 11 is 0. The van der Waals surface area contributed by atoms with E-state index in [-0.39, 0.29) is 6.42 Å². The number of halogens is 3. The van der Waals surface area contributed by atoms with E-state index in [0.717, 1.165) is 30.8 Å². The summed E-state index contributed by atoms with van der Waals surface area (Å²) in [7, 11) is 0. The van der Waals surface area contributed by atoms with Crippen molar-refractivity contribution in [3.05, 3.63) is 29.8 Å². The normalized spacial score (nSPS) is 19.4. The highest BCUT2D eigenvalue weighted by molar-refractivity contribution is 5.66. The first kappa shape index (κ1) is 14.7. The first-order valence-corrected chi connectivity index (χ1v) is 6.50. The number of carboxylic acids is 1. The van der Waals surface area contributed by atoms with Crippen LogP contribution in [0, 0.1) is 5.92 Å². The molecular formula is C14H16F3NO2. The molecular weight excluding hydrogens is 271 g/mol. The second-order valence-electron chi connectivity index (χ2n) is 5.08. The quantitative estimate of drug-likeness (QED) is 0.922. The summed E-state index contributed by atoms with van der Waals surface area (Å²) in [5.74, 6) is -0.508. The molecule has 1 heterocycles. The second kappa shape index (κ2) is 5.73. The molecule has 0 aliphatic carbocycles. The molecule has 1 saturated heterocycles. The van der Waals surface area contributed by atoms with Crippen molar-refractivity contribution < 1.29 is 23.1 Å². The molecule has 20 heavy (non-hydrogen) atoms. The zero-order valence-corrected chi connectivity index (χ0v) is 10.9. The molecule has 0 aromatic heterocycles. The predicted molar refractivity (Wildman–Crippen MR) is 68.6 cm³/mol. The van der Waals surface area contributed by atoms with Gasteiger partial charge in [-0.05, 0) is 43.0 Å². The molecule has 0 radical (unpaired) electrons.